The van der Waals surface area contributed by atoms with Crippen LogP contribution in [-0.4, -0.2) is 16.1 Å². The van der Waals surface area contributed by atoms with Crippen molar-refractivity contribution >= 4 is 23.1 Å². The smallest absolute Gasteiger partial charge is 0.276 e. The maximum atomic E-state index is 13.6. The van der Waals surface area contributed by atoms with Crippen LogP contribution in [0.2, 0.25) is 0 Å². The summed E-state index contributed by atoms with van der Waals surface area (Å²) in [5, 5.41) is 12.9. The van der Waals surface area contributed by atoms with E-state index in [9.17, 15) is 13.6 Å². The van der Waals surface area contributed by atoms with Crippen molar-refractivity contribution in [2.75, 3.05) is 10.6 Å². The zero-order chi connectivity index (χ0) is 17.8. The standard InChI is InChI=1S/C18H14F2N4O/c1-11-4-2-5-12(10-11)21-16-9-8-15(23-24-16)18(25)22-17-13(19)6-3-7-14(17)20/h2-10H,1H3,(H,21,24)(H,22,25). The molecule has 5 nitrogen and oxygen atoms in total. The number of halogens is 2. The zero-order valence-electron chi connectivity index (χ0n) is 13.3. The van der Waals surface area contributed by atoms with Gasteiger partial charge in [-0.25, -0.2) is 8.78 Å². The van der Waals surface area contributed by atoms with E-state index in [4.69, 9.17) is 0 Å². The number of aromatic nitrogens is 2. The second-order valence-corrected chi connectivity index (χ2v) is 5.35. The Morgan fingerprint density at radius 3 is 2.32 bits per heavy atom. The Morgan fingerprint density at radius 2 is 1.68 bits per heavy atom. The minimum absolute atomic E-state index is 0.0579. The maximum Gasteiger partial charge on any atom is 0.276 e. The lowest BCUT2D eigenvalue weighted by Gasteiger charge is -2.08. The lowest BCUT2D eigenvalue weighted by Crippen LogP contribution is -2.16. The molecule has 126 valence electrons. The number of nitrogens with zero attached hydrogens (tertiary/aromatic N) is 2. The highest BCUT2D eigenvalue weighted by molar-refractivity contribution is 6.02. The number of amides is 1. The van der Waals surface area contributed by atoms with E-state index < -0.39 is 23.2 Å². The molecule has 2 N–H and O–H groups in total. The van der Waals surface area contributed by atoms with Crippen LogP contribution >= 0.6 is 0 Å². The number of para-hydroxylation sites is 1. The molecule has 1 aromatic heterocycles. The van der Waals surface area contributed by atoms with Gasteiger partial charge < -0.3 is 10.6 Å². The van der Waals surface area contributed by atoms with Crippen LogP contribution in [0, 0.1) is 18.6 Å². The van der Waals surface area contributed by atoms with Crippen LogP contribution < -0.4 is 10.6 Å². The number of nitrogens with one attached hydrogen (secondary N) is 2. The largest absolute Gasteiger partial charge is 0.339 e. The quantitative estimate of drug-likeness (QED) is 0.752. The van der Waals surface area contributed by atoms with Gasteiger partial charge in [0.15, 0.2) is 11.5 Å². The van der Waals surface area contributed by atoms with Gasteiger partial charge in [0, 0.05) is 5.69 Å². The number of carbonyl (C=O) groups is 1. The van der Waals surface area contributed by atoms with Gasteiger partial charge in [-0.05, 0) is 48.9 Å². The van der Waals surface area contributed by atoms with E-state index >= 15 is 0 Å². The van der Waals surface area contributed by atoms with Crippen LogP contribution in [0.25, 0.3) is 0 Å². The van der Waals surface area contributed by atoms with E-state index in [1.807, 2.05) is 31.2 Å². The highest BCUT2D eigenvalue weighted by atomic mass is 19.1. The first-order chi connectivity index (χ1) is 12.0. The Bertz CT molecular complexity index is 893. The molecule has 0 radical (unpaired) electrons. The number of benzene rings is 2. The third kappa shape index (κ3) is 3.95. The van der Waals surface area contributed by atoms with Crippen LogP contribution in [0.3, 0.4) is 0 Å². The molecule has 7 heteroatoms. The van der Waals surface area contributed by atoms with E-state index in [1.165, 1.54) is 12.1 Å². The predicted molar refractivity (Wildman–Crippen MR) is 90.8 cm³/mol. The van der Waals surface area contributed by atoms with Gasteiger partial charge in [-0.3, -0.25) is 4.79 Å². The molecule has 3 aromatic rings. The van der Waals surface area contributed by atoms with Crippen molar-refractivity contribution in [3.05, 3.63) is 77.5 Å². The molecule has 1 heterocycles. The molecule has 25 heavy (non-hydrogen) atoms. The Kier molecular flexibility index (Phi) is 4.65. The third-order valence-electron chi connectivity index (χ3n) is 3.39. The van der Waals surface area contributed by atoms with Gasteiger partial charge in [-0.2, -0.15) is 0 Å². The highest BCUT2D eigenvalue weighted by Gasteiger charge is 2.14. The van der Waals surface area contributed by atoms with Crippen molar-refractivity contribution in [2.45, 2.75) is 6.92 Å². The molecule has 0 aliphatic rings. The van der Waals surface area contributed by atoms with Crippen LogP contribution in [0.4, 0.5) is 26.0 Å². The normalized spacial score (nSPS) is 10.4. The molecule has 0 fully saturated rings. The summed E-state index contributed by atoms with van der Waals surface area (Å²) < 4.78 is 27.1. The van der Waals surface area contributed by atoms with Crippen molar-refractivity contribution in [1.29, 1.82) is 0 Å². The first-order valence-electron chi connectivity index (χ1n) is 7.46. The van der Waals surface area contributed by atoms with Gasteiger partial charge in [0.05, 0.1) is 0 Å². The molecular formula is C18H14F2N4O. The second-order valence-electron chi connectivity index (χ2n) is 5.35. The summed E-state index contributed by atoms with van der Waals surface area (Å²) in [6, 6.07) is 14.0. The molecule has 0 bridgehead atoms. The number of hydrogen-bond donors (Lipinski definition) is 2. The molecule has 3 rings (SSSR count). The minimum atomic E-state index is -0.862. The minimum Gasteiger partial charge on any atom is -0.339 e. The van der Waals surface area contributed by atoms with Gasteiger partial charge in [-0.1, -0.05) is 18.2 Å². The van der Waals surface area contributed by atoms with E-state index in [-0.39, 0.29) is 5.69 Å². The topological polar surface area (TPSA) is 66.9 Å². The first-order valence-corrected chi connectivity index (χ1v) is 7.46. The average molecular weight is 340 g/mol. The molecule has 0 saturated carbocycles. The fourth-order valence-electron chi connectivity index (χ4n) is 2.19. The molecule has 0 unspecified atom stereocenters. The number of carbonyl (C=O) groups excluding carboxylic acids is 1. The third-order valence-corrected chi connectivity index (χ3v) is 3.39. The van der Waals surface area contributed by atoms with Crippen molar-refractivity contribution in [3.63, 3.8) is 0 Å². The molecule has 0 atom stereocenters. The number of anilines is 3. The maximum absolute atomic E-state index is 13.6. The molecule has 0 aliphatic heterocycles. The van der Waals surface area contributed by atoms with Gasteiger partial charge in [0.1, 0.15) is 17.3 Å². The van der Waals surface area contributed by atoms with Gasteiger partial charge >= 0.3 is 0 Å². The molecular weight excluding hydrogens is 326 g/mol. The van der Waals surface area contributed by atoms with E-state index in [1.54, 1.807) is 6.07 Å². The van der Waals surface area contributed by atoms with E-state index in [0.717, 1.165) is 23.4 Å². The van der Waals surface area contributed by atoms with Crippen LogP contribution in [0.15, 0.2) is 54.6 Å². The van der Waals surface area contributed by atoms with Gasteiger partial charge in [-0.15, -0.1) is 10.2 Å². The number of aryl methyl sites for hydroxylation is 1. The van der Waals surface area contributed by atoms with Gasteiger partial charge in [0.2, 0.25) is 0 Å². The fourth-order valence-corrected chi connectivity index (χ4v) is 2.19. The predicted octanol–water partition coefficient (Wildman–Crippen LogP) is 4.06. The summed E-state index contributed by atoms with van der Waals surface area (Å²) in [5.41, 5.74) is 1.34. The summed E-state index contributed by atoms with van der Waals surface area (Å²) in [4.78, 5) is 12.1. The number of rotatable bonds is 4. The van der Waals surface area contributed by atoms with Crippen molar-refractivity contribution in [2.24, 2.45) is 0 Å². The Morgan fingerprint density at radius 1 is 0.960 bits per heavy atom. The summed E-state index contributed by atoms with van der Waals surface area (Å²) in [6.45, 7) is 1.96. The molecule has 0 aliphatic carbocycles. The van der Waals surface area contributed by atoms with Crippen LogP contribution in [0.1, 0.15) is 16.1 Å². The summed E-state index contributed by atoms with van der Waals surface area (Å²) >= 11 is 0. The summed E-state index contributed by atoms with van der Waals surface area (Å²) in [6.07, 6.45) is 0. The molecule has 0 spiro atoms. The van der Waals surface area contributed by atoms with Crippen LogP contribution in [0.5, 0.6) is 0 Å². The van der Waals surface area contributed by atoms with Crippen molar-refractivity contribution < 1.29 is 13.6 Å². The SMILES string of the molecule is Cc1cccc(Nc2ccc(C(=O)Nc3c(F)cccc3F)nn2)c1. The zero-order valence-corrected chi connectivity index (χ0v) is 13.3. The lowest BCUT2D eigenvalue weighted by molar-refractivity contribution is 0.102. The van der Waals surface area contributed by atoms with E-state index in [2.05, 4.69) is 20.8 Å². The Labute approximate surface area is 142 Å². The average Bonchev–Trinajstić information content (AvgIpc) is 2.59. The van der Waals surface area contributed by atoms with Gasteiger partial charge in [0.25, 0.3) is 5.91 Å². The molecule has 2 aromatic carbocycles. The highest BCUT2D eigenvalue weighted by Crippen LogP contribution is 2.19. The lowest BCUT2D eigenvalue weighted by atomic mass is 10.2. The summed E-state index contributed by atoms with van der Waals surface area (Å²) in [5.74, 6) is -2.03. The first kappa shape index (κ1) is 16.5. The van der Waals surface area contributed by atoms with Crippen molar-refractivity contribution in [3.8, 4) is 0 Å². The van der Waals surface area contributed by atoms with Crippen molar-refractivity contribution in [1.82, 2.24) is 10.2 Å². The van der Waals surface area contributed by atoms with E-state index in [0.29, 0.717) is 5.82 Å². The monoisotopic (exact) mass is 340 g/mol. The Balaban J connectivity index is 1.72. The summed E-state index contributed by atoms with van der Waals surface area (Å²) in [7, 11) is 0. The van der Waals surface area contributed by atoms with Crippen LogP contribution in [-0.2, 0) is 0 Å². The number of hydrogen-bond acceptors (Lipinski definition) is 4. The Hall–Kier alpha value is -3.35. The fraction of sp³-hybridized carbons (Fsp3) is 0.0556. The molecule has 1 amide bonds. The second kappa shape index (κ2) is 7.04. The molecule has 0 saturated heterocycles.